The highest BCUT2D eigenvalue weighted by Gasteiger charge is 2.43. The van der Waals surface area contributed by atoms with Crippen LogP contribution in [0.1, 0.15) is 35.1 Å². The van der Waals surface area contributed by atoms with E-state index in [0.717, 1.165) is 16.6 Å². The fourth-order valence-corrected chi connectivity index (χ4v) is 4.72. The van der Waals surface area contributed by atoms with Gasteiger partial charge in [0.05, 0.1) is 22.9 Å². The van der Waals surface area contributed by atoms with Crippen molar-refractivity contribution in [1.29, 1.82) is 0 Å². The summed E-state index contributed by atoms with van der Waals surface area (Å²) >= 11 is 5.33. The Morgan fingerprint density at radius 3 is 2.70 bits per heavy atom. The number of aromatic nitrogens is 1. The molecule has 1 aromatic carbocycles. The SMILES string of the molecule is Cc1sc(C2CC3CCC2O3)nc1-c1ccc(Br)cc1. The summed E-state index contributed by atoms with van der Waals surface area (Å²) in [4.78, 5) is 6.24. The van der Waals surface area contributed by atoms with Crippen molar-refractivity contribution in [3.05, 3.63) is 38.6 Å². The molecule has 0 spiro atoms. The highest BCUT2D eigenvalue weighted by Crippen LogP contribution is 2.46. The van der Waals surface area contributed by atoms with Gasteiger partial charge in [0.2, 0.25) is 0 Å². The highest BCUT2D eigenvalue weighted by atomic mass is 79.9. The molecule has 2 nitrogen and oxygen atoms in total. The third-order valence-corrected chi connectivity index (χ3v) is 5.99. The van der Waals surface area contributed by atoms with E-state index in [0.29, 0.717) is 18.1 Å². The van der Waals surface area contributed by atoms with Crippen LogP contribution in [0.2, 0.25) is 0 Å². The predicted molar refractivity (Wildman–Crippen MR) is 85.2 cm³/mol. The number of fused-ring (bicyclic) bond motifs is 2. The van der Waals surface area contributed by atoms with Gasteiger partial charge < -0.3 is 4.74 Å². The zero-order valence-corrected chi connectivity index (χ0v) is 13.7. The van der Waals surface area contributed by atoms with Gasteiger partial charge in [-0.05, 0) is 38.3 Å². The first kappa shape index (κ1) is 13.0. The summed E-state index contributed by atoms with van der Waals surface area (Å²) in [6.45, 7) is 2.17. The van der Waals surface area contributed by atoms with Crippen LogP contribution < -0.4 is 0 Å². The van der Waals surface area contributed by atoms with E-state index in [2.05, 4.69) is 47.1 Å². The van der Waals surface area contributed by atoms with E-state index in [1.54, 1.807) is 0 Å². The Hall–Kier alpha value is -0.710. The lowest BCUT2D eigenvalue weighted by molar-refractivity contribution is 0.101. The van der Waals surface area contributed by atoms with Crippen molar-refractivity contribution in [2.75, 3.05) is 0 Å². The second-order valence-electron chi connectivity index (χ2n) is 5.68. The maximum absolute atomic E-state index is 5.97. The minimum atomic E-state index is 0.420. The number of rotatable bonds is 2. The minimum Gasteiger partial charge on any atom is -0.374 e. The smallest absolute Gasteiger partial charge is 0.0993 e. The Morgan fingerprint density at radius 2 is 2.05 bits per heavy atom. The maximum Gasteiger partial charge on any atom is 0.0993 e. The quantitative estimate of drug-likeness (QED) is 0.767. The fourth-order valence-electron chi connectivity index (χ4n) is 3.35. The molecule has 0 radical (unpaired) electrons. The Labute approximate surface area is 131 Å². The Kier molecular flexibility index (Phi) is 3.20. The number of hydrogen-bond donors (Lipinski definition) is 0. The topological polar surface area (TPSA) is 22.1 Å². The Morgan fingerprint density at radius 1 is 1.25 bits per heavy atom. The molecule has 3 heterocycles. The van der Waals surface area contributed by atoms with Gasteiger partial charge in [-0.3, -0.25) is 0 Å². The van der Waals surface area contributed by atoms with Crippen LogP contribution in [0.3, 0.4) is 0 Å². The van der Waals surface area contributed by atoms with Crippen molar-refractivity contribution in [1.82, 2.24) is 4.98 Å². The molecule has 20 heavy (non-hydrogen) atoms. The molecule has 1 aromatic heterocycles. The molecule has 2 saturated heterocycles. The molecule has 0 aliphatic carbocycles. The van der Waals surface area contributed by atoms with Gasteiger partial charge in [0.25, 0.3) is 0 Å². The fraction of sp³-hybridized carbons (Fsp3) is 0.438. The molecule has 4 rings (SSSR count). The lowest BCUT2D eigenvalue weighted by Crippen LogP contribution is -2.13. The van der Waals surface area contributed by atoms with E-state index < -0.39 is 0 Å². The predicted octanol–water partition coefficient (Wildman–Crippen LogP) is 4.92. The van der Waals surface area contributed by atoms with Crippen LogP contribution in [0.4, 0.5) is 0 Å². The first-order chi connectivity index (χ1) is 9.70. The van der Waals surface area contributed by atoms with Crippen LogP contribution >= 0.6 is 27.3 Å². The Bertz CT molecular complexity index is 636. The summed E-state index contributed by atoms with van der Waals surface area (Å²) in [5.41, 5.74) is 2.34. The molecule has 4 heteroatoms. The van der Waals surface area contributed by atoms with E-state index in [4.69, 9.17) is 9.72 Å². The van der Waals surface area contributed by atoms with Gasteiger partial charge in [-0.25, -0.2) is 4.98 Å². The van der Waals surface area contributed by atoms with Gasteiger partial charge in [0.1, 0.15) is 0 Å². The van der Waals surface area contributed by atoms with Gasteiger partial charge in [-0.15, -0.1) is 11.3 Å². The number of ether oxygens (including phenoxy) is 1. The van der Waals surface area contributed by atoms with Crippen molar-refractivity contribution in [3.8, 4) is 11.3 Å². The molecule has 2 fully saturated rings. The molecule has 104 valence electrons. The summed E-state index contributed by atoms with van der Waals surface area (Å²) < 4.78 is 7.08. The van der Waals surface area contributed by atoms with E-state index in [-0.39, 0.29) is 0 Å². The largest absolute Gasteiger partial charge is 0.374 e. The normalized spacial score (nSPS) is 28.2. The van der Waals surface area contributed by atoms with E-state index >= 15 is 0 Å². The second-order valence-corrected chi connectivity index (χ2v) is 7.83. The van der Waals surface area contributed by atoms with Crippen LogP contribution in [0.25, 0.3) is 11.3 Å². The lowest BCUT2D eigenvalue weighted by atomic mass is 9.90. The summed E-state index contributed by atoms with van der Waals surface area (Å²) in [6.07, 6.45) is 4.53. The third-order valence-electron chi connectivity index (χ3n) is 4.35. The molecule has 2 aliphatic heterocycles. The van der Waals surface area contributed by atoms with E-state index in [9.17, 15) is 0 Å². The van der Waals surface area contributed by atoms with Crippen molar-refractivity contribution < 1.29 is 4.74 Å². The second kappa shape index (κ2) is 4.93. The molecular formula is C16H16BrNOS. The van der Waals surface area contributed by atoms with Crippen LogP contribution in [0, 0.1) is 6.92 Å². The van der Waals surface area contributed by atoms with E-state index in [1.807, 2.05) is 11.3 Å². The molecule has 2 aromatic rings. The molecule has 0 N–H and O–H groups in total. The molecule has 3 unspecified atom stereocenters. The summed E-state index contributed by atoms with van der Waals surface area (Å²) in [5.74, 6) is 0.529. The number of hydrogen-bond acceptors (Lipinski definition) is 3. The first-order valence-electron chi connectivity index (χ1n) is 7.09. The summed E-state index contributed by atoms with van der Waals surface area (Å²) in [5, 5.41) is 1.27. The average Bonchev–Trinajstić information content (AvgIpc) is 3.14. The molecule has 0 amide bonds. The highest BCUT2D eigenvalue weighted by molar-refractivity contribution is 9.10. The standard InChI is InChI=1S/C16H16BrNOS/c1-9-15(10-2-4-11(17)5-3-10)18-16(20-9)13-8-12-6-7-14(13)19-12/h2-5,12-14H,6-8H2,1H3. The number of thiazole rings is 1. The van der Waals surface area contributed by atoms with Crippen LogP contribution in [-0.4, -0.2) is 17.2 Å². The number of benzene rings is 1. The van der Waals surface area contributed by atoms with Gasteiger partial charge >= 0.3 is 0 Å². The maximum atomic E-state index is 5.97. The summed E-state index contributed by atoms with van der Waals surface area (Å²) in [6, 6.07) is 8.42. The molecular weight excluding hydrogens is 334 g/mol. The lowest BCUT2D eigenvalue weighted by Gasteiger charge is -2.15. The zero-order valence-electron chi connectivity index (χ0n) is 11.3. The molecule has 3 atom stereocenters. The first-order valence-corrected chi connectivity index (χ1v) is 8.70. The van der Waals surface area contributed by atoms with Gasteiger partial charge in [0, 0.05) is 20.8 Å². The third kappa shape index (κ3) is 2.14. The van der Waals surface area contributed by atoms with Crippen molar-refractivity contribution >= 4 is 27.3 Å². The average molecular weight is 350 g/mol. The zero-order chi connectivity index (χ0) is 13.7. The van der Waals surface area contributed by atoms with Crippen LogP contribution in [-0.2, 0) is 4.74 Å². The molecule has 0 saturated carbocycles. The molecule has 2 aliphatic rings. The number of halogens is 1. The van der Waals surface area contributed by atoms with Crippen molar-refractivity contribution in [3.63, 3.8) is 0 Å². The van der Waals surface area contributed by atoms with Crippen LogP contribution in [0.15, 0.2) is 28.7 Å². The summed E-state index contributed by atoms with van der Waals surface area (Å²) in [7, 11) is 0. The Balaban J connectivity index is 1.67. The van der Waals surface area contributed by atoms with Crippen molar-refractivity contribution in [2.45, 2.75) is 44.3 Å². The van der Waals surface area contributed by atoms with Gasteiger partial charge in [0.15, 0.2) is 0 Å². The van der Waals surface area contributed by atoms with Crippen LogP contribution in [0.5, 0.6) is 0 Å². The number of aryl methyl sites for hydroxylation is 1. The monoisotopic (exact) mass is 349 g/mol. The molecule has 2 bridgehead atoms. The van der Waals surface area contributed by atoms with Gasteiger partial charge in [-0.2, -0.15) is 0 Å². The minimum absolute atomic E-state index is 0.420. The van der Waals surface area contributed by atoms with Crippen molar-refractivity contribution in [2.24, 2.45) is 0 Å². The van der Waals surface area contributed by atoms with E-state index in [1.165, 1.54) is 28.3 Å². The van der Waals surface area contributed by atoms with Gasteiger partial charge in [-0.1, -0.05) is 28.1 Å². The number of nitrogens with zero attached hydrogens (tertiary/aromatic N) is 1.